The van der Waals surface area contributed by atoms with E-state index in [0.717, 1.165) is 30.5 Å². The van der Waals surface area contributed by atoms with Crippen LogP contribution in [0.1, 0.15) is 38.2 Å². The molecule has 3 aromatic carbocycles. The van der Waals surface area contributed by atoms with Crippen LogP contribution >= 0.6 is 23.4 Å². The van der Waals surface area contributed by atoms with E-state index in [1.54, 1.807) is 36.4 Å². The second-order valence-corrected chi connectivity index (χ2v) is 11.5. The molecule has 1 N–H and O–H groups in total. The lowest BCUT2D eigenvalue weighted by Gasteiger charge is -2.35. The number of hydrogen-bond donors (Lipinski definition) is 1. The van der Waals surface area contributed by atoms with E-state index >= 15 is 0 Å². The van der Waals surface area contributed by atoms with Crippen molar-refractivity contribution in [1.82, 2.24) is 4.90 Å². The maximum absolute atomic E-state index is 13.8. The van der Waals surface area contributed by atoms with Gasteiger partial charge in [-0.15, -0.1) is 0 Å². The topological polar surface area (TPSA) is 80.2 Å². The van der Waals surface area contributed by atoms with Crippen molar-refractivity contribution in [2.45, 2.75) is 38.6 Å². The molecule has 0 aromatic heterocycles. The number of nitrogens with zero attached hydrogens (tertiary/aromatic N) is 2. The van der Waals surface area contributed by atoms with E-state index in [9.17, 15) is 9.59 Å². The van der Waals surface area contributed by atoms with Crippen molar-refractivity contribution in [2.24, 2.45) is 10.9 Å². The Morgan fingerprint density at radius 1 is 1.07 bits per heavy atom. The van der Waals surface area contributed by atoms with Crippen molar-refractivity contribution in [2.75, 3.05) is 19.0 Å². The molecule has 5 rings (SSSR count). The van der Waals surface area contributed by atoms with Gasteiger partial charge >= 0.3 is 0 Å². The normalized spacial score (nSPS) is 20.9. The molecule has 2 amide bonds. The number of ether oxygens (including phenoxy) is 2. The van der Waals surface area contributed by atoms with Crippen LogP contribution in [0.3, 0.4) is 0 Å². The monoisotopic (exact) mass is 589 g/mol. The summed E-state index contributed by atoms with van der Waals surface area (Å²) in [6.45, 7) is 2.01. The van der Waals surface area contributed by atoms with Crippen molar-refractivity contribution >= 4 is 57.8 Å². The van der Waals surface area contributed by atoms with Gasteiger partial charge in [-0.25, -0.2) is 4.99 Å². The summed E-state index contributed by atoms with van der Waals surface area (Å²) in [6, 6.07) is 22.2. The maximum atomic E-state index is 13.8. The Hall–Kier alpha value is -3.75. The first kappa shape index (κ1) is 28.8. The maximum Gasteiger partial charge on any atom is 0.267 e. The highest BCUT2D eigenvalue weighted by Crippen LogP contribution is 2.40. The zero-order valence-corrected chi connectivity index (χ0v) is 24.6. The number of aliphatic imine (C=N–C) groups is 1. The number of nitrogens with one attached hydrogen (secondary N) is 1. The van der Waals surface area contributed by atoms with Crippen LogP contribution in [0.15, 0.2) is 82.7 Å². The smallest absolute Gasteiger partial charge is 0.267 e. The molecule has 2 atom stereocenters. The van der Waals surface area contributed by atoms with Gasteiger partial charge in [0.25, 0.3) is 11.8 Å². The molecule has 0 unspecified atom stereocenters. The molecule has 7 nitrogen and oxygen atoms in total. The number of anilines is 1. The molecule has 0 bridgehead atoms. The van der Waals surface area contributed by atoms with Crippen molar-refractivity contribution < 1.29 is 19.1 Å². The minimum atomic E-state index is -0.346. The predicted molar refractivity (Wildman–Crippen MR) is 166 cm³/mol. The Morgan fingerprint density at radius 2 is 1.83 bits per heavy atom. The van der Waals surface area contributed by atoms with Crippen LogP contribution in [0.25, 0.3) is 6.08 Å². The van der Waals surface area contributed by atoms with Gasteiger partial charge in [-0.2, -0.15) is 0 Å². The number of methoxy groups -OCH3 is 1. The molecule has 1 saturated heterocycles. The number of hydrogen-bond acceptors (Lipinski definition) is 6. The third-order valence-electron chi connectivity index (χ3n) is 7.21. The third kappa shape index (κ3) is 6.94. The third-order valence-corrected chi connectivity index (χ3v) is 8.52. The standard InChI is InChI=1S/C32H32ClN3O4S/c1-21-10-6-9-15-26(21)36-31(38)29(41-32(36)34-23-11-4-3-5-12-23)19-22-16-17-27(28(18-22)39-2)40-20-30(37)35-25-14-8-7-13-24(25)33/h3-5,7-8,11-14,16-19,21,26H,6,9-10,15,20H2,1-2H3,(H,35,37)/b29-19-,34-32?/t21-,26-/m1/s1. The minimum Gasteiger partial charge on any atom is -0.493 e. The lowest BCUT2D eigenvalue weighted by Crippen LogP contribution is -2.44. The number of amides is 2. The first-order chi connectivity index (χ1) is 19.9. The lowest BCUT2D eigenvalue weighted by molar-refractivity contribution is -0.125. The average Bonchev–Trinajstić information content (AvgIpc) is 3.27. The highest BCUT2D eigenvalue weighted by atomic mass is 35.5. The number of carbonyl (C=O) groups is 2. The molecule has 1 aliphatic heterocycles. The van der Waals surface area contributed by atoms with Gasteiger partial charge in [-0.1, -0.05) is 67.8 Å². The van der Waals surface area contributed by atoms with Crippen LogP contribution in [0.4, 0.5) is 11.4 Å². The Bertz CT molecular complexity index is 1480. The number of benzene rings is 3. The summed E-state index contributed by atoms with van der Waals surface area (Å²) >= 11 is 7.52. The second-order valence-electron chi connectivity index (χ2n) is 10.1. The van der Waals surface area contributed by atoms with Gasteiger partial charge in [0.1, 0.15) is 0 Å². The van der Waals surface area contributed by atoms with Gasteiger partial charge in [-0.05, 0) is 78.6 Å². The van der Waals surface area contributed by atoms with Crippen molar-refractivity contribution in [3.8, 4) is 11.5 Å². The summed E-state index contributed by atoms with van der Waals surface area (Å²) in [7, 11) is 1.54. The summed E-state index contributed by atoms with van der Waals surface area (Å²) in [5.74, 6) is 0.899. The first-order valence-electron chi connectivity index (χ1n) is 13.6. The molecule has 2 aliphatic rings. The summed E-state index contributed by atoms with van der Waals surface area (Å²) < 4.78 is 11.3. The van der Waals surface area contributed by atoms with E-state index in [0.29, 0.717) is 38.2 Å². The van der Waals surface area contributed by atoms with E-state index in [4.69, 9.17) is 26.1 Å². The summed E-state index contributed by atoms with van der Waals surface area (Å²) in [5.41, 5.74) is 2.12. The molecular formula is C32H32ClN3O4S. The van der Waals surface area contributed by atoms with Crippen LogP contribution in [-0.4, -0.2) is 41.6 Å². The van der Waals surface area contributed by atoms with E-state index < -0.39 is 0 Å². The van der Waals surface area contributed by atoms with Gasteiger partial charge in [0.15, 0.2) is 23.3 Å². The zero-order chi connectivity index (χ0) is 28.8. The first-order valence-corrected chi connectivity index (χ1v) is 14.8. The van der Waals surface area contributed by atoms with Crippen LogP contribution in [0, 0.1) is 5.92 Å². The molecular weight excluding hydrogens is 558 g/mol. The van der Waals surface area contributed by atoms with Gasteiger partial charge in [0, 0.05) is 6.04 Å². The fourth-order valence-corrected chi connectivity index (χ4v) is 6.32. The molecule has 0 radical (unpaired) electrons. The van der Waals surface area contributed by atoms with Crippen LogP contribution in [-0.2, 0) is 9.59 Å². The quantitative estimate of drug-likeness (QED) is 0.274. The van der Waals surface area contributed by atoms with Crippen molar-refractivity contribution in [3.05, 3.63) is 88.3 Å². The largest absolute Gasteiger partial charge is 0.493 e. The van der Waals surface area contributed by atoms with Crippen LogP contribution < -0.4 is 14.8 Å². The molecule has 0 spiro atoms. The molecule has 1 heterocycles. The van der Waals surface area contributed by atoms with Crippen LogP contribution in [0.2, 0.25) is 5.02 Å². The lowest BCUT2D eigenvalue weighted by atomic mass is 9.85. The Balaban J connectivity index is 1.35. The summed E-state index contributed by atoms with van der Waals surface area (Å²) in [4.78, 5) is 33.6. The highest BCUT2D eigenvalue weighted by Gasteiger charge is 2.41. The molecule has 2 fully saturated rings. The number of halogens is 1. The Kier molecular flexibility index (Phi) is 9.31. The molecule has 212 valence electrons. The molecule has 3 aromatic rings. The van der Waals surface area contributed by atoms with E-state index in [1.807, 2.05) is 47.4 Å². The van der Waals surface area contributed by atoms with Gasteiger partial charge < -0.3 is 14.8 Å². The van der Waals surface area contributed by atoms with E-state index in [1.165, 1.54) is 25.3 Å². The highest BCUT2D eigenvalue weighted by molar-refractivity contribution is 8.18. The van der Waals surface area contributed by atoms with Gasteiger partial charge in [0.05, 0.1) is 28.4 Å². The number of carbonyl (C=O) groups excluding carboxylic acids is 2. The summed E-state index contributed by atoms with van der Waals surface area (Å²) in [5, 5.41) is 3.89. The van der Waals surface area contributed by atoms with E-state index in [2.05, 4.69) is 12.2 Å². The van der Waals surface area contributed by atoms with Crippen LogP contribution in [0.5, 0.6) is 11.5 Å². The predicted octanol–water partition coefficient (Wildman–Crippen LogP) is 7.55. The molecule has 1 saturated carbocycles. The fourth-order valence-electron chi connectivity index (χ4n) is 5.09. The number of thioether (sulfide) groups is 1. The fraction of sp³-hybridized carbons (Fsp3) is 0.281. The number of para-hydroxylation sites is 2. The van der Waals surface area contributed by atoms with E-state index in [-0.39, 0.29) is 24.5 Å². The zero-order valence-electron chi connectivity index (χ0n) is 23.0. The molecule has 1 aliphatic carbocycles. The van der Waals surface area contributed by atoms with Gasteiger partial charge in [0.2, 0.25) is 0 Å². The van der Waals surface area contributed by atoms with Crippen molar-refractivity contribution in [1.29, 1.82) is 0 Å². The Labute approximate surface area is 249 Å². The molecule has 41 heavy (non-hydrogen) atoms. The van der Waals surface area contributed by atoms with Gasteiger partial charge in [-0.3, -0.25) is 14.5 Å². The number of amidine groups is 1. The Morgan fingerprint density at radius 3 is 2.59 bits per heavy atom. The molecule has 9 heteroatoms. The second kappa shape index (κ2) is 13.3. The SMILES string of the molecule is COc1cc(/C=C2\SC(=Nc3ccccc3)N([C@@H]3CCCC[C@H]3C)C2=O)ccc1OCC(=O)Nc1ccccc1Cl. The summed E-state index contributed by atoms with van der Waals surface area (Å²) in [6.07, 6.45) is 6.23. The van der Waals surface area contributed by atoms with Crippen molar-refractivity contribution in [3.63, 3.8) is 0 Å². The minimum absolute atomic E-state index is 0.0287. The number of rotatable bonds is 8. The average molecular weight is 590 g/mol.